The van der Waals surface area contributed by atoms with Crippen molar-refractivity contribution >= 4 is 23.2 Å². The highest BCUT2D eigenvalue weighted by Gasteiger charge is 2.08. The molecule has 1 unspecified atom stereocenters. The van der Waals surface area contributed by atoms with Crippen molar-refractivity contribution in [2.45, 2.75) is 19.6 Å². The summed E-state index contributed by atoms with van der Waals surface area (Å²) in [5.74, 6) is 0.710. The fourth-order valence-electron chi connectivity index (χ4n) is 2.72. The first-order valence-corrected chi connectivity index (χ1v) is 9.53. The number of halogens is 1. The number of anilines is 1. The van der Waals surface area contributed by atoms with Crippen molar-refractivity contribution < 1.29 is 9.53 Å². The zero-order valence-corrected chi connectivity index (χ0v) is 16.4. The van der Waals surface area contributed by atoms with Crippen LogP contribution in [-0.2, 0) is 11.4 Å². The number of rotatable bonds is 8. The summed E-state index contributed by atoms with van der Waals surface area (Å²) in [5.41, 5.74) is 3.00. The minimum atomic E-state index is -0.0561. The molecule has 4 nitrogen and oxygen atoms in total. The Balaban J connectivity index is 1.43. The number of ether oxygens (including phenoxy) is 1. The van der Waals surface area contributed by atoms with Gasteiger partial charge in [-0.1, -0.05) is 54.1 Å². The Labute approximate surface area is 170 Å². The van der Waals surface area contributed by atoms with E-state index in [0.29, 0.717) is 11.6 Å². The maximum Gasteiger partial charge on any atom is 0.239 e. The van der Waals surface area contributed by atoms with Crippen LogP contribution in [0.1, 0.15) is 24.1 Å². The molecule has 144 valence electrons. The third-order valence-corrected chi connectivity index (χ3v) is 4.56. The molecule has 1 atom stereocenters. The first-order chi connectivity index (χ1) is 13.6. The van der Waals surface area contributed by atoms with Gasteiger partial charge in [-0.3, -0.25) is 4.79 Å². The van der Waals surface area contributed by atoms with E-state index >= 15 is 0 Å². The minimum Gasteiger partial charge on any atom is -0.489 e. The highest BCUT2D eigenvalue weighted by Crippen LogP contribution is 2.18. The molecule has 0 spiro atoms. The second kappa shape index (κ2) is 9.81. The monoisotopic (exact) mass is 394 g/mol. The maximum atomic E-state index is 12.1. The zero-order valence-electron chi connectivity index (χ0n) is 15.7. The van der Waals surface area contributed by atoms with Crippen molar-refractivity contribution in [2.75, 3.05) is 11.9 Å². The summed E-state index contributed by atoms with van der Waals surface area (Å²) < 4.78 is 5.76. The van der Waals surface area contributed by atoms with Gasteiger partial charge in [0.15, 0.2) is 0 Å². The van der Waals surface area contributed by atoms with E-state index in [2.05, 4.69) is 10.6 Å². The first kappa shape index (κ1) is 19.8. The van der Waals surface area contributed by atoms with E-state index in [1.807, 2.05) is 85.8 Å². The summed E-state index contributed by atoms with van der Waals surface area (Å²) in [6, 6.07) is 25.0. The third-order valence-electron chi connectivity index (χ3n) is 4.30. The summed E-state index contributed by atoms with van der Waals surface area (Å²) in [6.45, 7) is 2.66. The van der Waals surface area contributed by atoms with Gasteiger partial charge in [-0.2, -0.15) is 0 Å². The lowest BCUT2D eigenvalue weighted by Gasteiger charge is -2.15. The second-order valence-electron chi connectivity index (χ2n) is 6.49. The van der Waals surface area contributed by atoms with Crippen molar-refractivity contribution in [3.8, 4) is 5.75 Å². The molecule has 0 saturated carbocycles. The quantitative estimate of drug-likeness (QED) is 0.551. The lowest BCUT2D eigenvalue weighted by Crippen LogP contribution is -2.32. The van der Waals surface area contributed by atoms with Crippen LogP contribution in [0.25, 0.3) is 0 Å². The van der Waals surface area contributed by atoms with Gasteiger partial charge in [0.05, 0.1) is 12.6 Å². The van der Waals surface area contributed by atoms with E-state index in [1.54, 1.807) is 0 Å². The van der Waals surface area contributed by atoms with Crippen LogP contribution in [0.5, 0.6) is 5.75 Å². The van der Waals surface area contributed by atoms with Crippen LogP contribution in [0.4, 0.5) is 5.69 Å². The van der Waals surface area contributed by atoms with E-state index in [1.165, 1.54) is 0 Å². The second-order valence-corrected chi connectivity index (χ2v) is 6.93. The van der Waals surface area contributed by atoms with E-state index < -0.39 is 0 Å². The van der Waals surface area contributed by atoms with Crippen molar-refractivity contribution in [1.29, 1.82) is 0 Å². The molecule has 0 bridgehead atoms. The van der Waals surface area contributed by atoms with Crippen molar-refractivity contribution in [3.05, 3.63) is 95.0 Å². The van der Waals surface area contributed by atoms with Crippen LogP contribution in [0.2, 0.25) is 5.02 Å². The number of hydrogen-bond donors (Lipinski definition) is 2. The molecule has 0 aromatic heterocycles. The summed E-state index contributed by atoms with van der Waals surface area (Å²) in [6.07, 6.45) is 0. The molecule has 0 heterocycles. The number of nitrogens with one attached hydrogen (secondary N) is 2. The average molecular weight is 395 g/mol. The highest BCUT2D eigenvalue weighted by molar-refractivity contribution is 6.30. The summed E-state index contributed by atoms with van der Waals surface area (Å²) in [7, 11) is 0. The number of benzene rings is 3. The molecule has 5 heteroatoms. The average Bonchev–Trinajstić information content (AvgIpc) is 2.73. The van der Waals surface area contributed by atoms with Crippen LogP contribution in [0.3, 0.4) is 0 Å². The Morgan fingerprint density at radius 2 is 1.64 bits per heavy atom. The Kier molecular flexibility index (Phi) is 6.93. The summed E-state index contributed by atoms with van der Waals surface area (Å²) >= 11 is 5.88. The van der Waals surface area contributed by atoms with Gasteiger partial charge in [-0.25, -0.2) is 0 Å². The standard InChI is InChI=1S/C23H23ClN2O2/c1-17(19-5-3-2-4-6-19)26-23(27)15-25-21-11-13-22(14-12-21)28-16-18-7-9-20(24)10-8-18/h2-14,17,25H,15-16H2,1H3,(H,26,27). The van der Waals surface area contributed by atoms with Crippen LogP contribution in [0, 0.1) is 0 Å². The molecule has 0 aliphatic heterocycles. The van der Waals surface area contributed by atoms with Gasteiger partial charge in [0.1, 0.15) is 12.4 Å². The molecule has 2 N–H and O–H groups in total. The summed E-state index contributed by atoms with van der Waals surface area (Å²) in [4.78, 5) is 12.1. The van der Waals surface area contributed by atoms with Gasteiger partial charge in [0.2, 0.25) is 5.91 Å². The molecule has 3 aromatic carbocycles. The van der Waals surface area contributed by atoms with Crippen molar-refractivity contribution in [3.63, 3.8) is 0 Å². The van der Waals surface area contributed by atoms with Crippen molar-refractivity contribution in [1.82, 2.24) is 5.32 Å². The predicted octanol–water partition coefficient (Wildman–Crippen LogP) is 5.21. The summed E-state index contributed by atoms with van der Waals surface area (Å²) in [5, 5.41) is 6.82. The Morgan fingerprint density at radius 3 is 2.32 bits per heavy atom. The molecule has 0 aliphatic rings. The molecule has 3 aromatic rings. The SMILES string of the molecule is CC(NC(=O)CNc1ccc(OCc2ccc(Cl)cc2)cc1)c1ccccc1. The first-order valence-electron chi connectivity index (χ1n) is 9.15. The zero-order chi connectivity index (χ0) is 19.8. The van der Waals surface area contributed by atoms with E-state index in [4.69, 9.17) is 16.3 Å². The van der Waals surface area contributed by atoms with Gasteiger partial charge < -0.3 is 15.4 Å². The Morgan fingerprint density at radius 1 is 0.964 bits per heavy atom. The molecule has 0 aliphatic carbocycles. The van der Waals surface area contributed by atoms with Crippen LogP contribution < -0.4 is 15.4 Å². The number of carbonyl (C=O) groups is 1. The lowest BCUT2D eigenvalue weighted by molar-refractivity contribution is -0.120. The number of amides is 1. The normalized spacial score (nSPS) is 11.5. The van der Waals surface area contributed by atoms with E-state index in [0.717, 1.165) is 22.6 Å². The Hall–Kier alpha value is -2.98. The molecular weight excluding hydrogens is 372 g/mol. The molecule has 3 rings (SSSR count). The fourth-order valence-corrected chi connectivity index (χ4v) is 2.84. The number of carbonyl (C=O) groups excluding carboxylic acids is 1. The molecule has 0 saturated heterocycles. The maximum absolute atomic E-state index is 12.1. The van der Waals surface area contributed by atoms with Gasteiger partial charge in [0.25, 0.3) is 0 Å². The van der Waals surface area contributed by atoms with Crippen molar-refractivity contribution in [2.24, 2.45) is 0 Å². The van der Waals surface area contributed by atoms with Crippen LogP contribution in [0.15, 0.2) is 78.9 Å². The predicted molar refractivity (Wildman–Crippen MR) is 114 cm³/mol. The smallest absolute Gasteiger partial charge is 0.239 e. The molecular formula is C23H23ClN2O2. The Bertz CT molecular complexity index is 881. The lowest BCUT2D eigenvalue weighted by atomic mass is 10.1. The van der Waals surface area contributed by atoms with Crippen LogP contribution >= 0.6 is 11.6 Å². The van der Waals surface area contributed by atoms with Crippen LogP contribution in [-0.4, -0.2) is 12.5 Å². The highest BCUT2D eigenvalue weighted by atomic mass is 35.5. The van der Waals surface area contributed by atoms with Gasteiger partial charge in [0, 0.05) is 10.7 Å². The largest absolute Gasteiger partial charge is 0.489 e. The van der Waals surface area contributed by atoms with Gasteiger partial charge >= 0.3 is 0 Å². The number of hydrogen-bond acceptors (Lipinski definition) is 3. The molecule has 0 radical (unpaired) electrons. The molecule has 1 amide bonds. The molecule has 28 heavy (non-hydrogen) atoms. The fraction of sp³-hybridized carbons (Fsp3) is 0.174. The van der Waals surface area contributed by atoms with Gasteiger partial charge in [-0.15, -0.1) is 0 Å². The third kappa shape index (κ3) is 6.03. The van der Waals surface area contributed by atoms with Gasteiger partial charge in [-0.05, 0) is 54.4 Å². The molecule has 0 fully saturated rings. The van der Waals surface area contributed by atoms with E-state index in [9.17, 15) is 4.79 Å². The topological polar surface area (TPSA) is 50.4 Å². The van der Waals surface area contributed by atoms with E-state index in [-0.39, 0.29) is 18.5 Å². The minimum absolute atomic E-state index is 0.0286.